The number of hydrogen-bond acceptors (Lipinski definition) is 3. The topological polar surface area (TPSA) is 55.4 Å². The lowest BCUT2D eigenvalue weighted by molar-refractivity contribution is -0.137. The van der Waals surface area contributed by atoms with E-state index in [1.54, 1.807) is 6.92 Å². The third-order valence-electron chi connectivity index (χ3n) is 2.66. The molecule has 4 heteroatoms. The van der Waals surface area contributed by atoms with Gasteiger partial charge >= 0.3 is 5.97 Å². The number of carbonyl (C=O) groups is 2. The molecule has 1 amide bonds. The maximum atomic E-state index is 11.5. The van der Waals surface area contributed by atoms with Crippen LogP contribution in [0.1, 0.15) is 34.6 Å². The van der Waals surface area contributed by atoms with E-state index in [0.717, 1.165) is 0 Å². The predicted molar refractivity (Wildman–Crippen MR) is 71.7 cm³/mol. The highest BCUT2D eigenvalue weighted by Crippen LogP contribution is 2.19. The standard InChI is InChI=1S/C14H23NO3/c1-6-8-10(3)11(4)13(15-12(5)16)9-14(17)18-7-2/h6,8-11H,7H2,1-5H3,(H,15,16)/b8-6+,13-9-/t10-,11-/m1/s1. The molecule has 2 atom stereocenters. The second-order valence-electron chi connectivity index (χ2n) is 4.21. The van der Waals surface area contributed by atoms with Gasteiger partial charge < -0.3 is 10.1 Å². The van der Waals surface area contributed by atoms with E-state index in [1.807, 2.05) is 32.9 Å². The van der Waals surface area contributed by atoms with E-state index in [9.17, 15) is 9.59 Å². The molecule has 1 N–H and O–H groups in total. The molecule has 0 aromatic heterocycles. The zero-order valence-corrected chi connectivity index (χ0v) is 11.8. The van der Waals surface area contributed by atoms with Gasteiger partial charge in [0.15, 0.2) is 0 Å². The Bertz CT molecular complexity index is 345. The molecule has 0 saturated carbocycles. The van der Waals surface area contributed by atoms with Crippen LogP contribution in [0.3, 0.4) is 0 Å². The van der Waals surface area contributed by atoms with E-state index < -0.39 is 5.97 Å². The first-order valence-corrected chi connectivity index (χ1v) is 6.21. The van der Waals surface area contributed by atoms with Crippen molar-refractivity contribution in [3.63, 3.8) is 0 Å². The maximum absolute atomic E-state index is 11.5. The number of allylic oxidation sites excluding steroid dienone is 3. The molecule has 18 heavy (non-hydrogen) atoms. The summed E-state index contributed by atoms with van der Waals surface area (Å²) in [5.74, 6) is -0.358. The van der Waals surface area contributed by atoms with Crippen LogP contribution in [0.2, 0.25) is 0 Å². The molecule has 4 nitrogen and oxygen atoms in total. The monoisotopic (exact) mass is 253 g/mol. The molecule has 0 aliphatic rings. The van der Waals surface area contributed by atoms with Gasteiger partial charge in [-0.1, -0.05) is 26.0 Å². The Morgan fingerprint density at radius 2 is 1.94 bits per heavy atom. The van der Waals surface area contributed by atoms with Gasteiger partial charge in [0.2, 0.25) is 5.91 Å². The summed E-state index contributed by atoms with van der Waals surface area (Å²) in [6.07, 6.45) is 5.35. The van der Waals surface area contributed by atoms with Crippen LogP contribution in [0.4, 0.5) is 0 Å². The number of esters is 1. The van der Waals surface area contributed by atoms with Gasteiger partial charge in [-0.15, -0.1) is 0 Å². The van der Waals surface area contributed by atoms with Crippen molar-refractivity contribution in [2.75, 3.05) is 6.61 Å². The molecule has 0 heterocycles. The van der Waals surface area contributed by atoms with Crippen molar-refractivity contribution in [1.29, 1.82) is 0 Å². The lowest BCUT2D eigenvalue weighted by Crippen LogP contribution is -2.27. The molecule has 0 fully saturated rings. The molecule has 0 aliphatic carbocycles. The highest BCUT2D eigenvalue weighted by molar-refractivity contribution is 5.84. The van der Waals surface area contributed by atoms with E-state index in [2.05, 4.69) is 5.32 Å². The van der Waals surface area contributed by atoms with Crippen LogP contribution < -0.4 is 5.32 Å². The zero-order valence-electron chi connectivity index (χ0n) is 11.8. The summed E-state index contributed by atoms with van der Waals surface area (Å²) in [5.41, 5.74) is 0.589. The second kappa shape index (κ2) is 8.50. The third kappa shape index (κ3) is 6.23. The molecular formula is C14H23NO3. The van der Waals surface area contributed by atoms with Gasteiger partial charge in [0.25, 0.3) is 0 Å². The Morgan fingerprint density at radius 3 is 2.39 bits per heavy atom. The Labute approximate surface area is 109 Å². The normalized spacial score (nSPS) is 15.3. The molecule has 0 radical (unpaired) electrons. The second-order valence-corrected chi connectivity index (χ2v) is 4.21. The highest BCUT2D eigenvalue weighted by atomic mass is 16.5. The lowest BCUT2D eigenvalue weighted by atomic mass is 9.92. The number of ether oxygens (including phenoxy) is 1. The first-order chi connectivity index (χ1) is 8.42. The van der Waals surface area contributed by atoms with Crippen molar-refractivity contribution >= 4 is 11.9 Å². The minimum atomic E-state index is -0.430. The van der Waals surface area contributed by atoms with Crippen molar-refractivity contribution < 1.29 is 14.3 Å². The Hall–Kier alpha value is -1.58. The molecule has 0 unspecified atom stereocenters. The number of nitrogens with one attached hydrogen (secondary N) is 1. The quantitative estimate of drug-likeness (QED) is 0.449. The summed E-state index contributed by atoms with van der Waals surface area (Å²) in [5, 5.41) is 2.70. The Morgan fingerprint density at radius 1 is 1.33 bits per heavy atom. The Balaban J connectivity index is 4.97. The predicted octanol–water partition coefficient (Wildman–Crippen LogP) is 2.42. The number of carbonyl (C=O) groups excluding carboxylic acids is 2. The summed E-state index contributed by atoms with van der Waals surface area (Å²) >= 11 is 0. The fourth-order valence-corrected chi connectivity index (χ4v) is 1.55. The average molecular weight is 253 g/mol. The Kier molecular flexibility index (Phi) is 7.76. The first kappa shape index (κ1) is 16.4. The summed E-state index contributed by atoms with van der Waals surface area (Å²) < 4.78 is 4.86. The molecule has 0 aromatic rings. The molecule has 0 rings (SSSR count). The lowest BCUT2D eigenvalue weighted by Gasteiger charge is -2.20. The fourth-order valence-electron chi connectivity index (χ4n) is 1.55. The van der Waals surface area contributed by atoms with E-state index >= 15 is 0 Å². The van der Waals surface area contributed by atoms with Gasteiger partial charge in [-0.3, -0.25) is 4.79 Å². The number of amides is 1. The van der Waals surface area contributed by atoms with Crippen molar-refractivity contribution in [1.82, 2.24) is 5.32 Å². The zero-order chi connectivity index (χ0) is 14.1. The molecule has 102 valence electrons. The van der Waals surface area contributed by atoms with Gasteiger partial charge in [0.1, 0.15) is 0 Å². The largest absolute Gasteiger partial charge is 0.463 e. The molecular weight excluding hydrogens is 230 g/mol. The van der Waals surface area contributed by atoms with E-state index in [0.29, 0.717) is 12.3 Å². The summed E-state index contributed by atoms with van der Waals surface area (Å²) in [7, 11) is 0. The first-order valence-electron chi connectivity index (χ1n) is 6.21. The molecule has 0 bridgehead atoms. The smallest absolute Gasteiger partial charge is 0.332 e. The van der Waals surface area contributed by atoms with E-state index in [1.165, 1.54) is 13.0 Å². The minimum absolute atomic E-state index is 0.0366. The third-order valence-corrected chi connectivity index (χ3v) is 2.66. The molecule has 0 aliphatic heterocycles. The number of hydrogen-bond donors (Lipinski definition) is 1. The van der Waals surface area contributed by atoms with Crippen LogP contribution in [-0.4, -0.2) is 18.5 Å². The van der Waals surface area contributed by atoms with Gasteiger partial charge in [-0.2, -0.15) is 0 Å². The molecule has 0 spiro atoms. The van der Waals surface area contributed by atoms with E-state index in [4.69, 9.17) is 4.74 Å². The van der Waals surface area contributed by atoms with Crippen LogP contribution in [-0.2, 0) is 14.3 Å². The van der Waals surface area contributed by atoms with Crippen molar-refractivity contribution in [3.05, 3.63) is 23.9 Å². The minimum Gasteiger partial charge on any atom is -0.463 e. The van der Waals surface area contributed by atoms with Crippen molar-refractivity contribution in [2.24, 2.45) is 11.8 Å². The van der Waals surface area contributed by atoms with Crippen LogP contribution in [0.15, 0.2) is 23.9 Å². The summed E-state index contributed by atoms with van der Waals surface area (Å²) in [4.78, 5) is 22.6. The molecule has 0 saturated heterocycles. The van der Waals surface area contributed by atoms with Crippen molar-refractivity contribution in [3.8, 4) is 0 Å². The number of rotatable bonds is 6. The van der Waals surface area contributed by atoms with Gasteiger partial charge in [-0.05, 0) is 19.8 Å². The highest BCUT2D eigenvalue weighted by Gasteiger charge is 2.17. The van der Waals surface area contributed by atoms with Crippen LogP contribution in [0.25, 0.3) is 0 Å². The maximum Gasteiger partial charge on any atom is 0.332 e. The fraction of sp³-hybridized carbons (Fsp3) is 0.571. The van der Waals surface area contributed by atoms with Gasteiger partial charge in [0, 0.05) is 24.6 Å². The SMILES string of the molecule is C/C=C/[C@@H](C)[C@@H](C)/C(=C/C(=O)OCC)NC(C)=O. The van der Waals surface area contributed by atoms with Crippen LogP contribution in [0.5, 0.6) is 0 Å². The van der Waals surface area contributed by atoms with Gasteiger partial charge in [-0.25, -0.2) is 4.79 Å². The van der Waals surface area contributed by atoms with Crippen molar-refractivity contribution in [2.45, 2.75) is 34.6 Å². The molecule has 0 aromatic carbocycles. The van der Waals surface area contributed by atoms with Crippen LogP contribution >= 0.6 is 0 Å². The van der Waals surface area contributed by atoms with Gasteiger partial charge in [0.05, 0.1) is 6.61 Å². The van der Waals surface area contributed by atoms with Crippen LogP contribution in [0, 0.1) is 11.8 Å². The summed E-state index contributed by atoms with van der Waals surface area (Å²) in [6.45, 7) is 9.43. The average Bonchev–Trinajstić information content (AvgIpc) is 2.27. The van der Waals surface area contributed by atoms with E-state index in [-0.39, 0.29) is 17.7 Å². The summed E-state index contributed by atoms with van der Waals surface area (Å²) in [6, 6.07) is 0.